The van der Waals surface area contributed by atoms with Crippen LogP contribution in [0.4, 0.5) is 8.78 Å². The molecule has 0 fully saturated rings. The Morgan fingerprint density at radius 3 is 2.67 bits per heavy atom. The van der Waals surface area contributed by atoms with Crippen LogP contribution in [0.15, 0.2) is 57.8 Å². The first-order valence-electron chi connectivity index (χ1n) is 9.85. The molecule has 0 aliphatic heterocycles. The first kappa shape index (κ1) is 22.6. The van der Waals surface area contributed by atoms with Crippen molar-refractivity contribution in [1.82, 2.24) is 9.55 Å². The van der Waals surface area contributed by atoms with Gasteiger partial charge in [-0.15, -0.1) is 0 Å². The molecular weight excluding hydrogens is 498 g/mol. The fraction of sp³-hybridized carbons (Fsp3) is 0.125. The van der Waals surface area contributed by atoms with E-state index in [1.165, 1.54) is 42.0 Å². The van der Waals surface area contributed by atoms with Crippen LogP contribution in [0.3, 0.4) is 0 Å². The van der Waals surface area contributed by atoms with Gasteiger partial charge in [-0.05, 0) is 54.0 Å². The van der Waals surface area contributed by atoms with Crippen LogP contribution >= 0.6 is 15.9 Å². The molecule has 0 bridgehead atoms. The van der Waals surface area contributed by atoms with Crippen molar-refractivity contribution in [2.75, 3.05) is 0 Å². The Balaban J connectivity index is 2.19. The minimum Gasteiger partial charge on any atom is -0.477 e. The Morgan fingerprint density at radius 2 is 2.00 bits per heavy atom. The molecule has 9 heteroatoms. The zero-order valence-electron chi connectivity index (χ0n) is 17.5. The number of rotatable bonds is 6. The number of benzene rings is 1. The number of carbonyl (C=O) groups excluding carboxylic acids is 1. The summed E-state index contributed by atoms with van der Waals surface area (Å²) < 4.78 is 36.5. The Morgan fingerprint density at radius 1 is 1.24 bits per heavy atom. The third-order valence-electron chi connectivity index (χ3n) is 5.22. The van der Waals surface area contributed by atoms with E-state index in [1.807, 2.05) is 0 Å². The lowest BCUT2D eigenvalue weighted by Crippen LogP contribution is -2.14. The number of Topliss-reactive ketones (excluding diaryl/α,β-unsaturated/α-hetero) is 1. The van der Waals surface area contributed by atoms with Crippen molar-refractivity contribution in [2.45, 2.75) is 20.4 Å². The van der Waals surface area contributed by atoms with E-state index in [4.69, 9.17) is 4.42 Å². The molecule has 1 aromatic carbocycles. The molecule has 33 heavy (non-hydrogen) atoms. The lowest BCUT2D eigenvalue weighted by molar-refractivity contribution is -0.111. The highest BCUT2D eigenvalue weighted by molar-refractivity contribution is 9.10. The molecule has 0 aliphatic carbocycles. The molecule has 1 N–H and O–H groups in total. The second-order valence-electron chi connectivity index (χ2n) is 7.26. The largest absolute Gasteiger partial charge is 0.477 e. The van der Waals surface area contributed by atoms with Crippen molar-refractivity contribution in [2.24, 2.45) is 0 Å². The number of carboxylic acid groups (broad SMARTS) is 1. The number of carboxylic acids is 1. The van der Waals surface area contributed by atoms with Gasteiger partial charge in [0.05, 0.1) is 34.8 Å². The van der Waals surface area contributed by atoms with Crippen molar-refractivity contribution in [3.8, 4) is 0 Å². The van der Waals surface area contributed by atoms with Crippen LogP contribution in [0.1, 0.15) is 35.6 Å². The minimum absolute atomic E-state index is 0.0583. The highest BCUT2D eigenvalue weighted by atomic mass is 79.9. The smallest absolute Gasteiger partial charge is 0.353 e. The predicted octanol–water partition coefficient (Wildman–Crippen LogP) is 6.12. The van der Waals surface area contributed by atoms with Crippen LogP contribution in [0, 0.1) is 11.6 Å². The maximum Gasteiger partial charge on any atom is 0.353 e. The van der Waals surface area contributed by atoms with E-state index < -0.39 is 23.4 Å². The van der Waals surface area contributed by atoms with Gasteiger partial charge in [-0.3, -0.25) is 4.79 Å². The number of aromatic carboxylic acids is 1. The van der Waals surface area contributed by atoms with Crippen LogP contribution in [0.25, 0.3) is 27.4 Å². The number of pyridine rings is 1. The van der Waals surface area contributed by atoms with Gasteiger partial charge >= 0.3 is 5.97 Å². The van der Waals surface area contributed by atoms with E-state index in [9.17, 15) is 23.5 Å². The number of fused-ring (bicyclic) bond motifs is 3. The molecule has 0 amide bonds. The van der Waals surface area contributed by atoms with Gasteiger partial charge in [0.15, 0.2) is 5.78 Å². The van der Waals surface area contributed by atoms with Crippen molar-refractivity contribution >= 4 is 55.1 Å². The van der Waals surface area contributed by atoms with Crippen molar-refractivity contribution in [3.63, 3.8) is 0 Å². The molecule has 6 nitrogen and oxygen atoms in total. The monoisotopic (exact) mass is 514 g/mol. The molecule has 0 saturated carbocycles. The summed E-state index contributed by atoms with van der Waals surface area (Å²) in [6.45, 7) is 2.74. The quantitative estimate of drug-likeness (QED) is 0.190. The van der Waals surface area contributed by atoms with E-state index in [0.717, 1.165) is 6.07 Å². The average Bonchev–Trinajstić information content (AvgIpc) is 3.35. The third-order valence-corrected chi connectivity index (χ3v) is 5.66. The molecule has 0 atom stereocenters. The molecule has 4 aromatic rings. The lowest BCUT2D eigenvalue weighted by Gasteiger charge is -2.10. The number of furan rings is 1. The minimum atomic E-state index is -1.37. The van der Waals surface area contributed by atoms with Crippen LogP contribution in [0.5, 0.6) is 0 Å². The standard InChI is InChI=1S/C24H17BrF2N2O4/c1-3-4-5-13(12(2)30)20-21-18(10-16(27)14-8-9-33-23(14)21)29(22(20)24(31)32)11-17-15(26)6-7-19(25)28-17/h3-10H,11H2,1-2H3,(H,31,32)/b4-3-,13-5+. The van der Waals surface area contributed by atoms with Crippen molar-refractivity contribution < 1.29 is 27.9 Å². The van der Waals surface area contributed by atoms with Crippen LogP contribution in [0.2, 0.25) is 0 Å². The number of ketones is 1. The molecule has 0 aliphatic rings. The number of hydrogen-bond acceptors (Lipinski definition) is 4. The highest BCUT2D eigenvalue weighted by Gasteiger charge is 2.30. The van der Waals surface area contributed by atoms with E-state index in [1.54, 1.807) is 19.1 Å². The summed E-state index contributed by atoms with van der Waals surface area (Å²) in [5.41, 5.74) is 0.0323. The van der Waals surface area contributed by atoms with Gasteiger partial charge in [0, 0.05) is 11.1 Å². The predicted molar refractivity (Wildman–Crippen MR) is 123 cm³/mol. The maximum atomic E-state index is 14.9. The number of aromatic nitrogens is 2. The third kappa shape index (κ3) is 3.89. The van der Waals surface area contributed by atoms with E-state index in [-0.39, 0.29) is 50.9 Å². The molecule has 0 saturated heterocycles. The fourth-order valence-electron chi connectivity index (χ4n) is 3.84. The first-order chi connectivity index (χ1) is 15.7. The molecule has 0 spiro atoms. The molecule has 0 unspecified atom stereocenters. The Labute approximate surface area is 195 Å². The van der Waals surface area contributed by atoms with Gasteiger partial charge in [-0.2, -0.15) is 0 Å². The summed E-state index contributed by atoms with van der Waals surface area (Å²) in [5, 5.41) is 10.6. The first-order valence-corrected chi connectivity index (χ1v) is 10.6. The van der Waals surface area contributed by atoms with Gasteiger partial charge in [-0.25, -0.2) is 18.6 Å². The normalized spacial score (nSPS) is 12.3. The maximum absolute atomic E-state index is 14.9. The van der Waals surface area contributed by atoms with Gasteiger partial charge in [0.25, 0.3) is 0 Å². The summed E-state index contributed by atoms with van der Waals surface area (Å²) in [6, 6.07) is 5.18. The van der Waals surface area contributed by atoms with E-state index in [2.05, 4.69) is 20.9 Å². The number of halogens is 3. The molecule has 0 radical (unpaired) electrons. The average molecular weight is 515 g/mol. The number of carbonyl (C=O) groups is 2. The van der Waals surface area contributed by atoms with Gasteiger partial charge in [-0.1, -0.05) is 18.2 Å². The lowest BCUT2D eigenvalue weighted by atomic mass is 9.97. The van der Waals surface area contributed by atoms with Crippen LogP contribution < -0.4 is 0 Å². The SMILES string of the molecule is C/C=C\C=C(/C(C)=O)c1c(C(=O)O)n(Cc2nc(Br)ccc2F)c2cc(F)c3ccoc3c12. The zero-order chi connectivity index (χ0) is 23.9. The van der Waals surface area contributed by atoms with Crippen molar-refractivity contribution in [3.05, 3.63) is 81.9 Å². The summed E-state index contributed by atoms with van der Waals surface area (Å²) in [4.78, 5) is 29.2. The van der Waals surface area contributed by atoms with Gasteiger partial charge < -0.3 is 14.1 Å². The molecule has 3 aromatic heterocycles. The Kier molecular flexibility index (Phi) is 5.99. The number of allylic oxidation sites excluding steroid dienone is 4. The summed E-state index contributed by atoms with van der Waals surface area (Å²) in [7, 11) is 0. The molecule has 3 heterocycles. The summed E-state index contributed by atoms with van der Waals surface area (Å²) in [6.07, 6.45) is 6.06. The summed E-state index contributed by atoms with van der Waals surface area (Å²) in [5.74, 6) is -3.07. The topological polar surface area (TPSA) is 85.3 Å². The molecular formula is C24H17BrF2N2O4. The van der Waals surface area contributed by atoms with E-state index in [0.29, 0.717) is 4.60 Å². The van der Waals surface area contributed by atoms with Gasteiger partial charge in [0.1, 0.15) is 27.5 Å². The van der Waals surface area contributed by atoms with Gasteiger partial charge in [0.2, 0.25) is 0 Å². The number of nitrogens with zero attached hydrogens (tertiary/aromatic N) is 2. The second kappa shape index (κ2) is 8.74. The van der Waals surface area contributed by atoms with E-state index >= 15 is 0 Å². The Hall–Kier alpha value is -3.59. The molecule has 4 rings (SSSR count). The second-order valence-corrected chi connectivity index (χ2v) is 8.07. The summed E-state index contributed by atoms with van der Waals surface area (Å²) >= 11 is 3.18. The van der Waals surface area contributed by atoms with Crippen molar-refractivity contribution in [1.29, 1.82) is 0 Å². The van der Waals surface area contributed by atoms with Crippen LogP contribution in [-0.2, 0) is 11.3 Å². The Bertz CT molecular complexity index is 1500. The van der Waals surface area contributed by atoms with Crippen LogP contribution in [-0.4, -0.2) is 26.4 Å². The highest BCUT2D eigenvalue weighted by Crippen LogP contribution is 2.39. The zero-order valence-corrected chi connectivity index (χ0v) is 19.1. The molecule has 168 valence electrons. The number of hydrogen-bond donors (Lipinski definition) is 1. The fourth-order valence-corrected chi connectivity index (χ4v) is 4.19.